The van der Waals surface area contributed by atoms with Crippen LogP contribution in [0.15, 0.2) is 12.1 Å². The van der Waals surface area contributed by atoms with Crippen LogP contribution in [0.5, 0.6) is 5.75 Å². The molecule has 2 heterocycles. The molecule has 2 aliphatic rings. The number of hydrogen-bond donors (Lipinski definition) is 1. The number of hydrogen-bond acceptors (Lipinski definition) is 3. The summed E-state index contributed by atoms with van der Waals surface area (Å²) in [6.45, 7) is 2.15. The molecular weight excluding hydrogens is 264 g/mol. The molecule has 1 fully saturated rings. The van der Waals surface area contributed by atoms with Gasteiger partial charge in [-0.2, -0.15) is 0 Å². The Hall–Kier alpha value is -1.26. The maximum absolute atomic E-state index is 11.8. The molecule has 1 atom stereocenters. The summed E-state index contributed by atoms with van der Waals surface area (Å²) in [5.41, 5.74) is 2.21. The van der Waals surface area contributed by atoms with E-state index in [1.165, 1.54) is 5.56 Å². The molecule has 1 N–H and O–H groups in total. The number of benzene rings is 1. The van der Waals surface area contributed by atoms with E-state index in [0.29, 0.717) is 13.2 Å². The topological polar surface area (TPSA) is 41.6 Å². The Balaban J connectivity index is 1.72. The molecule has 0 aromatic heterocycles. The number of likely N-dealkylation sites (tertiary alicyclic amines) is 1. The van der Waals surface area contributed by atoms with Crippen LogP contribution in [0.4, 0.5) is 0 Å². The predicted octanol–water partition coefficient (Wildman–Crippen LogP) is 1.60. The molecule has 1 unspecified atom stereocenters. The van der Waals surface area contributed by atoms with Gasteiger partial charge in [0, 0.05) is 37.1 Å². The zero-order valence-corrected chi connectivity index (χ0v) is 11.7. The SMILES string of the molecule is CN1CCC(NCc2cc(Cl)cc3c2OCC3)C1=O. The molecule has 4 nitrogen and oxygen atoms in total. The third kappa shape index (κ3) is 2.42. The minimum atomic E-state index is -0.0824. The third-order valence-corrected chi connectivity index (χ3v) is 4.01. The number of rotatable bonds is 3. The van der Waals surface area contributed by atoms with Gasteiger partial charge in [-0.3, -0.25) is 4.79 Å². The van der Waals surface area contributed by atoms with Crippen molar-refractivity contribution < 1.29 is 9.53 Å². The number of carbonyl (C=O) groups excluding carboxylic acids is 1. The fourth-order valence-corrected chi connectivity index (χ4v) is 2.99. The van der Waals surface area contributed by atoms with Crippen molar-refractivity contribution in [3.05, 3.63) is 28.3 Å². The van der Waals surface area contributed by atoms with Crippen LogP contribution in [-0.2, 0) is 17.8 Å². The Bertz CT molecular complexity index is 518. The summed E-state index contributed by atoms with van der Waals surface area (Å²) in [6.07, 6.45) is 1.77. The van der Waals surface area contributed by atoms with Crippen LogP contribution < -0.4 is 10.1 Å². The second kappa shape index (κ2) is 5.02. The summed E-state index contributed by atoms with van der Waals surface area (Å²) in [6, 6.07) is 3.80. The van der Waals surface area contributed by atoms with E-state index in [2.05, 4.69) is 5.32 Å². The van der Waals surface area contributed by atoms with Crippen LogP contribution >= 0.6 is 11.6 Å². The van der Waals surface area contributed by atoms with Crippen molar-refractivity contribution >= 4 is 17.5 Å². The molecular formula is C14H17ClN2O2. The second-order valence-electron chi connectivity index (χ2n) is 5.13. The molecule has 1 aromatic rings. The first-order chi connectivity index (χ1) is 9.15. The lowest BCUT2D eigenvalue weighted by atomic mass is 10.1. The largest absolute Gasteiger partial charge is 0.493 e. The molecule has 0 saturated carbocycles. The maximum Gasteiger partial charge on any atom is 0.239 e. The van der Waals surface area contributed by atoms with Crippen LogP contribution in [-0.4, -0.2) is 37.0 Å². The van der Waals surface area contributed by atoms with E-state index in [4.69, 9.17) is 16.3 Å². The molecule has 1 amide bonds. The van der Waals surface area contributed by atoms with Crippen LogP contribution in [0.1, 0.15) is 17.5 Å². The average Bonchev–Trinajstić information content (AvgIpc) is 2.96. The Labute approximate surface area is 117 Å². The van der Waals surface area contributed by atoms with E-state index in [1.54, 1.807) is 4.90 Å². The van der Waals surface area contributed by atoms with Gasteiger partial charge in [-0.1, -0.05) is 11.6 Å². The van der Waals surface area contributed by atoms with Gasteiger partial charge in [-0.25, -0.2) is 0 Å². The standard InChI is InChI=1S/C14H17ClN2O2/c1-17-4-2-12(14(17)18)16-8-10-7-11(15)6-9-3-5-19-13(9)10/h6-7,12,16H,2-5,8H2,1H3. The molecule has 0 radical (unpaired) electrons. The van der Waals surface area contributed by atoms with E-state index in [1.807, 2.05) is 19.2 Å². The van der Waals surface area contributed by atoms with Gasteiger partial charge in [-0.15, -0.1) is 0 Å². The van der Waals surface area contributed by atoms with E-state index in [-0.39, 0.29) is 11.9 Å². The smallest absolute Gasteiger partial charge is 0.239 e. The number of nitrogens with zero attached hydrogens (tertiary/aromatic N) is 1. The van der Waals surface area contributed by atoms with Crippen molar-refractivity contribution in [3.63, 3.8) is 0 Å². The number of nitrogens with one attached hydrogen (secondary N) is 1. The highest BCUT2D eigenvalue weighted by Crippen LogP contribution is 2.32. The van der Waals surface area contributed by atoms with Gasteiger partial charge in [-0.05, 0) is 24.1 Å². The van der Waals surface area contributed by atoms with Crippen molar-refractivity contribution in [2.45, 2.75) is 25.4 Å². The van der Waals surface area contributed by atoms with Crippen molar-refractivity contribution in [2.75, 3.05) is 20.2 Å². The maximum atomic E-state index is 11.8. The van der Waals surface area contributed by atoms with Gasteiger partial charge >= 0.3 is 0 Å². The van der Waals surface area contributed by atoms with Crippen molar-refractivity contribution in [3.8, 4) is 5.75 Å². The summed E-state index contributed by atoms with van der Waals surface area (Å²) < 4.78 is 5.65. The summed E-state index contributed by atoms with van der Waals surface area (Å²) >= 11 is 6.12. The van der Waals surface area contributed by atoms with Gasteiger partial charge in [0.25, 0.3) is 0 Å². The minimum absolute atomic E-state index is 0.0824. The Morgan fingerprint density at radius 3 is 3.11 bits per heavy atom. The van der Waals surface area contributed by atoms with Gasteiger partial charge in [0.05, 0.1) is 12.6 Å². The molecule has 5 heteroatoms. The third-order valence-electron chi connectivity index (χ3n) is 3.79. The van der Waals surface area contributed by atoms with Crippen molar-refractivity contribution in [1.82, 2.24) is 10.2 Å². The van der Waals surface area contributed by atoms with Crippen LogP contribution in [0.2, 0.25) is 5.02 Å². The minimum Gasteiger partial charge on any atom is -0.493 e. The number of ether oxygens (including phenoxy) is 1. The van der Waals surface area contributed by atoms with E-state index >= 15 is 0 Å². The zero-order valence-electron chi connectivity index (χ0n) is 10.9. The quantitative estimate of drug-likeness (QED) is 0.914. The number of carbonyl (C=O) groups is 1. The first-order valence-electron chi connectivity index (χ1n) is 6.57. The van der Waals surface area contributed by atoms with Gasteiger partial charge < -0.3 is 15.0 Å². The van der Waals surface area contributed by atoms with Crippen LogP contribution in [0.25, 0.3) is 0 Å². The highest BCUT2D eigenvalue weighted by atomic mass is 35.5. The zero-order chi connectivity index (χ0) is 13.4. The van der Waals surface area contributed by atoms with E-state index in [0.717, 1.165) is 35.7 Å². The van der Waals surface area contributed by atoms with Crippen LogP contribution in [0, 0.1) is 0 Å². The number of halogens is 1. The highest BCUT2D eigenvalue weighted by molar-refractivity contribution is 6.30. The molecule has 0 aliphatic carbocycles. The van der Waals surface area contributed by atoms with Gasteiger partial charge in [0.15, 0.2) is 0 Å². The molecule has 0 bridgehead atoms. The molecule has 2 aliphatic heterocycles. The molecule has 0 spiro atoms. The molecule has 102 valence electrons. The average molecular weight is 281 g/mol. The summed E-state index contributed by atoms with van der Waals surface area (Å²) in [5.74, 6) is 1.11. The molecule has 1 saturated heterocycles. The normalized spacial score (nSPS) is 21.7. The summed E-state index contributed by atoms with van der Waals surface area (Å²) in [7, 11) is 1.84. The van der Waals surface area contributed by atoms with E-state index < -0.39 is 0 Å². The second-order valence-corrected chi connectivity index (χ2v) is 5.57. The lowest BCUT2D eigenvalue weighted by Gasteiger charge is -2.14. The Kier molecular flexibility index (Phi) is 3.37. The monoisotopic (exact) mass is 280 g/mol. The fraction of sp³-hybridized carbons (Fsp3) is 0.500. The first kappa shape index (κ1) is 12.8. The lowest BCUT2D eigenvalue weighted by molar-refractivity contribution is -0.128. The lowest BCUT2D eigenvalue weighted by Crippen LogP contribution is -2.36. The van der Waals surface area contributed by atoms with Gasteiger partial charge in [0.2, 0.25) is 5.91 Å². The van der Waals surface area contributed by atoms with Crippen molar-refractivity contribution in [1.29, 1.82) is 0 Å². The fourth-order valence-electron chi connectivity index (χ4n) is 2.72. The van der Waals surface area contributed by atoms with Crippen LogP contribution in [0.3, 0.4) is 0 Å². The van der Waals surface area contributed by atoms with Gasteiger partial charge in [0.1, 0.15) is 5.75 Å². The number of fused-ring (bicyclic) bond motifs is 1. The highest BCUT2D eigenvalue weighted by Gasteiger charge is 2.29. The molecule has 19 heavy (non-hydrogen) atoms. The summed E-state index contributed by atoms with van der Waals surface area (Å²) in [5, 5.41) is 4.04. The van der Waals surface area contributed by atoms with E-state index in [9.17, 15) is 4.79 Å². The Morgan fingerprint density at radius 2 is 2.37 bits per heavy atom. The van der Waals surface area contributed by atoms with Crippen molar-refractivity contribution in [2.24, 2.45) is 0 Å². The number of likely N-dealkylation sites (N-methyl/N-ethyl adjacent to an activating group) is 1. The first-order valence-corrected chi connectivity index (χ1v) is 6.95. The Morgan fingerprint density at radius 1 is 1.53 bits per heavy atom. The summed E-state index contributed by atoms with van der Waals surface area (Å²) in [4.78, 5) is 13.6. The predicted molar refractivity (Wildman–Crippen MR) is 73.5 cm³/mol. The molecule has 3 rings (SSSR count). The molecule has 1 aromatic carbocycles. The number of amides is 1.